The number of carbonyl (C=O) groups excluding carboxylic acids is 1. The largest absolute Gasteiger partial charge is 0.493 e. The molecule has 0 saturated heterocycles. The Hall–Kier alpha value is -8.81. The number of rotatable bonds is 11. The first kappa shape index (κ1) is 91.6. The number of methoxy groups -OCH3 is 2. The number of halogens is 2. The lowest BCUT2D eigenvalue weighted by atomic mass is 9.87. The topological polar surface area (TPSA) is 106 Å². The summed E-state index contributed by atoms with van der Waals surface area (Å²) in [6.45, 7) is 50.6. The number of aromatic nitrogens is 5. The number of aryl methyl sites for hydroxylation is 2. The van der Waals surface area contributed by atoms with Gasteiger partial charge in [-0.15, -0.1) is 0 Å². The number of nitrogens with zero attached hydrogens (tertiary/aromatic N) is 6. The van der Waals surface area contributed by atoms with E-state index in [0.29, 0.717) is 35.4 Å². The molecule has 8 aromatic carbocycles. The first-order valence-corrected chi connectivity index (χ1v) is 39.0. The number of ether oxygens (including phenoxy) is 4. The number of anilines is 1. The molecular formula is C95H130BrFN6O5. The molecular weight excluding hydrogens is 1400 g/mol. The molecule has 10 aromatic rings. The molecule has 0 radical (unpaired) electrons. The normalized spacial score (nSPS) is 13.1. The molecule has 0 amide bonds. The van der Waals surface area contributed by atoms with E-state index in [1.54, 1.807) is 25.2 Å². The van der Waals surface area contributed by atoms with E-state index >= 15 is 0 Å². The standard InChI is InChI=1S/C17H20O.C14H12.C12H15N3.C12H19N.C11H16O2.C10H18O2.C9H10BrF.C8H14N2.C2H6/c1-17(2,3)15-9-11-16(12-10-15)18-13-14-7-5-4-6-8-14;1-10-6-7-14-12(8-10)9-11-4-2-3-5-13(11)14;1-12(2,3)10-4-6-11(7-5-10)15-9-13-8-14-15;1-12(2,3)10-6-8-11(9-7-10)13(4)5;1-8(2)9-5-6-10(12-3)11(7-9)13-4;1-5-12-9(11)7-6-8(7)10(2,3)4;1-6(2)7-3-4-9(11)8(10)5-7;1-8(2,3)7-9-5-6-10(7)4;1-2/h4-12H,13H2,1-3H3;2-8H,9H2,1H3;4-9H,1-3H3;6-9H,1-5H3;5-8H,1-4H3;7-8H,5-6H2,1-4H3;3-6H,1-2H3;5-6H,1-4H3;1-2H3. The summed E-state index contributed by atoms with van der Waals surface area (Å²) in [5.74, 6) is 5.12. The van der Waals surface area contributed by atoms with E-state index < -0.39 is 0 Å². The van der Waals surface area contributed by atoms with Gasteiger partial charge in [-0.3, -0.25) is 4.79 Å². The summed E-state index contributed by atoms with van der Waals surface area (Å²) >= 11 is 3.14. The Labute approximate surface area is 659 Å². The van der Waals surface area contributed by atoms with Gasteiger partial charge in [-0.1, -0.05) is 272 Å². The lowest BCUT2D eigenvalue weighted by Gasteiger charge is -2.20. The van der Waals surface area contributed by atoms with Gasteiger partial charge in [0.05, 0.1) is 36.9 Å². The van der Waals surface area contributed by atoms with Gasteiger partial charge in [0.25, 0.3) is 0 Å². The van der Waals surface area contributed by atoms with Crippen LogP contribution in [0.2, 0.25) is 0 Å². The Morgan fingerprint density at radius 2 is 1.13 bits per heavy atom. The lowest BCUT2D eigenvalue weighted by Crippen LogP contribution is -2.16. The Morgan fingerprint density at radius 1 is 0.611 bits per heavy atom. The second-order valence-electron chi connectivity index (χ2n) is 33.1. The molecule has 584 valence electrons. The number of esters is 1. The van der Waals surface area contributed by atoms with Crippen molar-refractivity contribution in [3.8, 4) is 34.1 Å². The zero-order valence-corrected chi connectivity index (χ0v) is 72.3. The fourth-order valence-corrected chi connectivity index (χ4v) is 12.0. The number of fused-ring (bicyclic) bond motifs is 3. The third kappa shape index (κ3) is 30.3. The summed E-state index contributed by atoms with van der Waals surface area (Å²) in [5.41, 5.74) is 18.2. The van der Waals surface area contributed by atoms with Crippen molar-refractivity contribution in [3.05, 3.63) is 273 Å². The van der Waals surface area contributed by atoms with Gasteiger partial charge in [0, 0.05) is 44.6 Å². The Bertz CT molecular complexity index is 4220. The Morgan fingerprint density at radius 3 is 1.58 bits per heavy atom. The predicted octanol–water partition coefficient (Wildman–Crippen LogP) is 25.3. The average Bonchev–Trinajstić information content (AvgIpc) is 1.64. The molecule has 2 aromatic heterocycles. The van der Waals surface area contributed by atoms with Crippen LogP contribution in [0.15, 0.2) is 212 Å². The number of imidazole rings is 1. The van der Waals surface area contributed by atoms with Crippen LogP contribution < -0.4 is 19.1 Å². The summed E-state index contributed by atoms with van der Waals surface area (Å²) < 4.78 is 38.1. The fraction of sp³-hybridized carbons (Fsp3) is 0.432. The quantitative estimate of drug-likeness (QED) is 0.117. The molecule has 0 bridgehead atoms. The molecule has 108 heavy (non-hydrogen) atoms. The van der Waals surface area contributed by atoms with Crippen LogP contribution in [0.4, 0.5) is 10.1 Å². The SMILES string of the molecule is CC.CC(C)(C)c1ccc(-n2cncn2)cc1.CC(C)(C)c1ccc(OCc2ccccc2)cc1.CC(C)c1ccc(F)c(Br)c1.CCOC(=O)C1CC1C(C)(C)C.CN(C)c1ccc(C(C)(C)C)cc1.COc1ccc(C(C)C)cc1OC.Cc1ccc2c(c1)Cc1ccccc1-2.Cn1ccnc1C(C)(C)C. The summed E-state index contributed by atoms with van der Waals surface area (Å²) in [6.07, 6.45) is 9.17. The van der Waals surface area contributed by atoms with Crippen LogP contribution in [0.5, 0.6) is 17.2 Å². The van der Waals surface area contributed by atoms with Crippen molar-refractivity contribution < 1.29 is 28.1 Å². The van der Waals surface area contributed by atoms with Crippen LogP contribution in [-0.2, 0) is 51.3 Å². The lowest BCUT2D eigenvalue weighted by molar-refractivity contribution is -0.145. The Kier molecular flexibility index (Phi) is 36.3. The zero-order valence-electron chi connectivity index (χ0n) is 70.7. The molecule has 2 aliphatic carbocycles. The third-order valence-electron chi connectivity index (χ3n) is 18.3. The van der Waals surface area contributed by atoms with Gasteiger partial charge in [-0.2, -0.15) is 5.10 Å². The smallest absolute Gasteiger partial charge is 0.309 e. The summed E-state index contributed by atoms with van der Waals surface area (Å²) in [4.78, 5) is 21.5. The van der Waals surface area contributed by atoms with Crippen LogP contribution in [0.1, 0.15) is 226 Å². The maximum Gasteiger partial charge on any atom is 0.309 e. The molecule has 11 nitrogen and oxygen atoms in total. The van der Waals surface area contributed by atoms with Crippen molar-refractivity contribution in [2.45, 2.75) is 212 Å². The average molecular weight is 1540 g/mol. The minimum atomic E-state index is -0.200. The summed E-state index contributed by atoms with van der Waals surface area (Å²) in [5, 5.41) is 4.08. The highest BCUT2D eigenvalue weighted by Crippen LogP contribution is 2.51. The predicted molar refractivity (Wildman–Crippen MR) is 458 cm³/mol. The van der Waals surface area contributed by atoms with E-state index in [0.717, 1.165) is 47.2 Å². The zero-order chi connectivity index (χ0) is 80.9. The van der Waals surface area contributed by atoms with E-state index in [9.17, 15) is 9.18 Å². The van der Waals surface area contributed by atoms with Gasteiger partial charge in [0.15, 0.2) is 11.5 Å². The highest BCUT2D eigenvalue weighted by Gasteiger charge is 2.50. The van der Waals surface area contributed by atoms with Gasteiger partial charge in [0.2, 0.25) is 0 Å². The fourth-order valence-electron chi connectivity index (χ4n) is 11.6. The van der Waals surface area contributed by atoms with E-state index in [2.05, 4.69) is 314 Å². The summed E-state index contributed by atoms with van der Waals surface area (Å²) in [6, 6.07) is 62.3. The van der Waals surface area contributed by atoms with Gasteiger partial charge in [-0.25, -0.2) is 19.0 Å². The highest BCUT2D eigenvalue weighted by atomic mass is 79.9. The molecule has 0 N–H and O–H groups in total. The maximum absolute atomic E-state index is 12.7. The third-order valence-corrected chi connectivity index (χ3v) is 18.9. The second-order valence-corrected chi connectivity index (χ2v) is 34.0. The minimum Gasteiger partial charge on any atom is -0.493 e. The van der Waals surface area contributed by atoms with Crippen molar-refractivity contribution in [1.29, 1.82) is 0 Å². The van der Waals surface area contributed by atoms with Gasteiger partial charge < -0.3 is 28.4 Å². The highest BCUT2D eigenvalue weighted by molar-refractivity contribution is 9.10. The van der Waals surface area contributed by atoms with Gasteiger partial charge >= 0.3 is 5.97 Å². The van der Waals surface area contributed by atoms with E-state index in [1.807, 2.05) is 94.8 Å². The monoisotopic (exact) mass is 1530 g/mol. The number of hydrogen-bond donors (Lipinski definition) is 0. The first-order valence-electron chi connectivity index (χ1n) is 38.2. The molecule has 13 heteroatoms. The first-order chi connectivity index (χ1) is 50.7. The molecule has 0 aliphatic heterocycles. The molecule has 2 atom stereocenters. The van der Waals surface area contributed by atoms with Crippen LogP contribution in [0, 0.1) is 30.0 Å². The van der Waals surface area contributed by atoms with E-state index in [1.165, 1.54) is 73.7 Å². The molecule has 1 saturated carbocycles. The molecule has 2 unspecified atom stereocenters. The van der Waals surface area contributed by atoms with Crippen LogP contribution in [-0.4, -0.2) is 65.2 Å². The van der Waals surface area contributed by atoms with Crippen molar-refractivity contribution in [2.75, 3.05) is 39.8 Å². The number of benzene rings is 8. The van der Waals surface area contributed by atoms with E-state index in [4.69, 9.17) is 18.9 Å². The molecule has 2 aliphatic rings. The van der Waals surface area contributed by atoms with Gasteiger partial charge in [-0.05, 0) is 198 Å². The minimum absolute atomic E-state index is 0.00238. The van der Waals surface area contributed by atoms with Crippen LogP contribution in [0.25, 0.3) is 16.8 Å². The van der Waals surface area contributed by atoms with Crippen LogP contribution >= 0.6 is 15.9 Å². The second kappa shape index (κ2) is 42.8. The maximum atomic E-state index is 12.7. The van der Waals surface area contributed by atoms with Crippen LogP contribution in [0.3, 0.4) is 0 Å². The molecule has 1 fully saturated rings. The molecule has 0 spiro atoms. The van der Waals surface area contributed by atoms with Gasteiger partial charge in [0.1, 0.15) is 36.7 Å². The summed E-state index contributed by atoms with van der Waals surface area (Å²) in [7, 11) is 9.45. The number of hydrogen-bond acceptors (Lipinski definition) is 9. The molecule has 2 heterocycles. The van der Waals surface area contributed by atoms with Crippen molar-refractivity contribution >= 4 is 27.6 Å². The Balaban J connectivity index is 0.000000261. The number of carbonyl (C=O) groups is 1. The van der Waals surface area contributed by atoms with Crippen molar-refractivity contribution in [2.24, 2.45) is 24.3 Å². The van der Waals surface area contributed by atoms with Crippen molar-refractivity contribution in [1.82, 2.24) is 24.3 Å². The van der Waals surface area contributed by atoms with E-state index in [-0.39, 0.29) is 44.8 Å². The molecule has 12 rings (SSSR count). The van der Waals surface area contributed by atoms with Crippen molar-refractivity contribution in [3.63, 3.8) is 0 Å².